The molecule has 5 aliphatic rings. The topological polar surface area (TPSA) is 17.1 Å². The second-order valence-electron chi connectivity index (χ2n) is 12.3. The van der Waals surface area contributed by atoms with E-state index >= 15 is 0 Å². The molecule has 32 heavy (non-hydrogen) atoms. The first-order valence-electron chi connectivity index (χ1n) is 14.0. The van der Waals surface area contributed by atoms with Crippen LogP contribution in [0.1, 0.15) is 111 Å². The number of hydrogen-bond acceptors (Lipinski definition) is 3. The van der Waals surface area contributed by atoms with E-state index in [4.69, 9.17) is 0 Å². The van der Waals surface area contributed by atoms with Crippen LogP contribution in [0.2, 0.25) is 0 Å². The molecule has 0 unspecified atom stereocenters. The van der Waals surface area contributed by atoms with Gasteiger partial charge in [0.05, 0.1) is 4.08 Å². The normalized spacial score (nSPS) is 42.5. The molecule has 0 amide bonds. The first-order chi connectivity index (χ1) is 15.4. The van der Waals surface area contributed by atoms with Crippen molar-refractivity contribution < 1.29 is 4.79 Å². The lowest BCUT2D eigenvalue weighted by atomic mass is 9.45. The second-order valence-corrected chi connectivity index (χ2v) is 15.4. The van der Waals surface area contributed by atoms with Crippen molar-refractivity contribution in [3.63, 3.8) is 0 Å². The highest BCUT2D eigenvalue weighted by molar-refractivity contribution is 8.21. The molecule has 3 heteroatoms. The van der Waals surface area contributed by atoms with Crippen LogP contribution in [0, 0.1) is 34.5 Å². The zero-order valence-electron chi connectivity index (χ0n) is 20.9. The molecule has 1 spiro atoms. The SMILES string of the molecule is CCCCCCCC[C@@H]1C[C@@H]2[C@H](CC[C@]3(C)C(=O)CC[C@@H]23)[C@@]2(C)CCC3(C=C12)SCCS3. The van der Waals surface area contributed by atoms with Gasteiger partial charge in [0.2, 0.25) is 0 Å². The van der Waals surface area contributed by atoms with E-state index in [0.29, 0.717) is 21.2 Å². The van der Waals surface area contributed by atoms with Gasteiger partial charge in [0, 0.05) is 23.3 Å². The highest BCUT2D eigenvalue weighted by atomic mass is 32.2. The van der Waals surface area contributed by atoms with Crippen LogP contribution in [0.3, 0.4) is 0 Å². The molecule has 0 aromatic carbocycles. The van der Waals surface area contributed by atoms with Crippen LogP contribution < -0.4 is 0 Å². The van der Waals surface area contributed by atoms with E-state index in [2.05, 4.69) is 50.4 Å². The fraction of sp³-hybridized carbons (Fsp3) is 0.897. The third-order valence-corrected chi connectivity index (χ3v) is 14.1. The highest BCUT2D eigenvalue weighted by Crippen LogP contribution is 2.68. The molecular formula is C29H46OS2. The lowest BCUT2D eigenvalue weighted by molar-refractivity contribution is -0.133. The smallest absolute Gasteiger partial charge is 0.139 e. The molecule has 1 nitrogen and oxygen atoms in total. The monoisotopic (exact) mass is 474 g/mol. The zero-order valence-corrected chi connectivity index (χ0v) is 22.6. The summed E-state index contributed by atoms with van der Waals surface area (Å²) in [5.41, 5.74) is 2.29. The zero-order chi connectivity index (χ0) is 22.4. The molecule has 5 rings (SSSR count). The van der Waals surface area contributed by atoms with Gasteiger partial charge in [-0.25, -0.2) is 0 Å². The van der Waals surface area contributed by atoms with Gasteiger partial charge in [0.15, 0.2) is 0 Å². The van der Waals surface area contributed by atoms with E-state index in [9.17, 15) is 4.79 Å². The Morgan fingerprint density at radius 3 is 2.41 bits per heavy atom. The number of rotatable bonds is 7. The minimum atomic E-state index is 0.0104. The molecule has 4 aliphatic carbocycles. The molecule has 0 bridgehead atoms. The molecule has 0 aromatic heterocycles. The number of hydrogen-bond donors (Lipinski definition) is 0. The molecule has 180 valence electrons. The van der Waals surface area contributed by atoms with Gasteiger partial charge in [-0.05, 0) is 74.0 Å². The van der Waals surface area contributed by atoms with Crippen molar-refractivity contribution in [1.29, 1.82) is 0 Å². The van der Waals surface area contributed by atoms with Crippen LogP contribution in [0.4, 0.5) is 0 Å². The van der Waals surface area contributed by atoms with Gasteiger partial charge in [-0.2, -0.15) is 0 Å². The van der Waals surface area contributed by atoms with Crippen molar-refractivity contribution in [3.05, 3.63) is 11.6 Å². The lowest BCUT2D eigenvalue weighted by Gasteiger charge is -2.60. The number of unbranched alkanes of at least 4 members (excludes halogenated alkanes) is 5. The van der Waals surface area contributed by atoms with Crippen LogP contribution in [0.25, 0.3) is 0 Å². The molecule has 1 heterocycles. The summed E-state index contributed by atoms with van der Waals surface area (Å²) in [6.07, 6.45) is 21.3. The van der Waals surface area contributed by atoms with E-state index in [1.165, 1.54) is 88.6 Å². The number of ketones is 1. The maximum absolute atomic E-state index is 12.9. The van der Waals surface area contributed by atoms with Gasteiger partial charge in [0.1, 0.15) is 5.78 Å². The molecule has 0 N–H and O–H groups in total. The number of carbonyl (C=O) groups is 1. The number of fused-ring (bicyclic) bond motifs is 5. The summed E-state index contributed by atoms with van der Waals surface area (Å²) < 4.78 is 0.396. The minimum absolute atomic E-state index is 0.0104. The summed E-state index contributed by atoms with van der Waals surface area (Å²) in [7, 11) is 0. The van der Waals surface area contributed by atoms with E-state index in [-0.39, 0.29) is 5.41 Å². The van der Waals surface area contributed by atoms with E-state index in [0.717, 1.165) is 30.6 Å². The summed E-state index contributed by atoms with van der Waals surface area (Å²) in [6.45, 7) is 7.33. The maximum atomic E-state index is 12.9. The van der Waals surface area contributed by atoms with Gasteiger partial charge in [-0.1, -0.05) is 70.9 Å². The lowest BCUT2D eigenvalue weighted by Crippen LogP contribution is -2.53. The van der Waals surface area contributed by atoms with Gasteiger partial charge in [-0.15, -0.1) is 23.5 Å². The van der Waals surface area contributed by atoms with Gasteiger partial charge in [-0.3, -0.25) is 4.79 Å². The van der Waals surface area contributed by atoms with Crippen molar-refractivity contribution in [2.45, 2.75) is 115 Å². The number of thioether (sulfide) groups is 2. The quantitative estimate of drug-likeness (QED) is 0.271. The van der Waals surface area contributed by atoms with Gasteiger partial charge in [0.25, 0.3) is 0 Å². The molecule has 1 saturated heterocycles. The van der Waals surface area contributed by atoms with Crippen LogP contribution in [-0.2, 0) is 4.79 Å². The summed E-state index contributed by atoms with van der Waals surface area (Å²) in [6, 6.07) is 0. The fourth-order valence-electron chi connectivity index (χ4n) is 8.81. The van der Waals surface area contributed by atoms with Crippen molar-refractivity contribution in [3.8, 4) is 0 Å². The summed E-state index contributed by atoms with van der Waals surface area (Å²) in [5, 5.41) is 0. The van der Waals surface area contributed by atoms with Crippen molar-refractivity contribution >= 4 is 29.3 Å². The van der Waals surface area contributed by atoms with Crippen LogP contribution in [0.15, 0.2) is 11.6 Å². The third-order valence-electron chi connectivity index (χ3n) is 10.7. The molecule has 1 aliphatic heterocycles. The first kappa shape index (κ1) is 23.8. The number of carbonyl (C=O) groups excluding carboxylic acids is 1. The maximum Gasteiger partial charge on any atom is 0.139 e. The predicted octanol–water partition coefficient (Wildman–Crippen LogP) is 8.67. The minimum Gasteiger partial charge on any atom is -0.299 e. The molecule has 6 atom stereocenters. The fourth-order valence-corrected chi connectivity index (χ4v) is 11.9. The average molecular weight is 475 g/mol. The molecular weight excluding hydrogens is 428 g/mol. The average Bonchev–Trinajstić information content (AvgIpc) is 3.36. The van der Waals surface area contributed by atoms with E-state index < -0.39 is 0 Å². The van der Waals surface area contributed by atoms with Gasteiger partial charge >= 0.3 is 0 Å². The summed E-state index contributed by atoms with van der Waals surface area (Å²) in [5.74, 6) is 6.35. The standard InChI is InChI=1S/C29H46OS2/c1-4-5-6-7-8-9-10-21-19-22-23-11-12-26(30)28(23,3)14-13-24(22)27(2)15-16-29(20-25(21)27)31-17-18-32-29/h20-24H,4-19H2,1-3H3/t21-,22+,23+,24+,27-,28+/m1/s1. The van der Waals surface area contributed by atoms with E-state index in [1.807, 2.05) is 5.57 Å². The number of allylic oxidation sites excluding steroid dienone is 1. The Labute approximate surface area is 206 Å². The van der Waals surface area contributed by atoms with Crippen molar-refractivity contribution in [2.75, 3.05) is 11.5 Å². The number of Topliss-reactive ketones (excluding diaryl/α,β-unsaturated/α-hetero) is 1. The Bertz CT molecular complexity index is 737. The van der Waals surface area contributed by atoms with Crippen LogP contribution in [0.5, 0.6) is 0 Å². The third kappa shape index (κ3) is 3.98. The second kappa shape index (κ2) is 9.29. The Morgan fingerprint density at radius 1 is 0.906 bits per heavy atom. The molecule has 0 aromatic rings. The Balaban J connectivity index is 1.40. The highest BCUT2D eigenvalue weighted by Gasteiger charge is 2.61. The Kier molecular flexibility index (Phi) is 6.92. The predicted molar refractivity (Wildman–Crippen MR) is 141 cm³/mol. The largest absolute Gasteiger partial charge is 0.299 e. The molecule has 4 fully saturated rings. The molecule has 0 radical (unpaired) electrons. The first-order valence-corrected chi connectivity index (χ1v) is 15.9. The molecule has 3 saturated carbocycles. The van der Waals surface area contributed by atoms with Crippen LogP contribution in [-0.4, -0.2) is 21.4 Å². The summed E-state index contributed by atoms with van der Waals surface area (Å²) >= 11 is 4.49. The Hall–Kier alpha value is 0.110. The Morgan fingerprint density at radius 2 is 1.62 bits per heavy atom. The van der Waals surface area contributed by atoms with Gasteiger partial charge < -0.3 is 0 Å². The van der Waals surface area contributed by atoms with Crippen molar-refractivity contribution in [2.24, 2.45) is 34.5 Å². The van der Waals surface area contributed by atoms with Crippen molar-refractivity contribution in [1.82, 2.24) is 0 Å². The van der Waals surface area contributed by atoms with Crippen LogP contribution >= 0.6 is 23.5 Å². The summed E-state index contributed by atoms with van der Waals surface area (Å²) in [4.78, 5) is 12.9. The van der Waals surface area contributed by atoms with E-state index in [1.54, 1.807) is 0 Å².